The van der Waals surface area contributed by atoms with Crippen LogP contribution >= 0.6 is 0 Å². The molecule has 0 unspecified atom stereocenters. The van der Waals surface area contributed by atoms with Crippen molar-refractivity contribution in [1.82, 2.24) is 5.32 Å². The van der Waals surface area contributed by atoms with Crippen molar-refractivity contribution in [1.29, 1.82) is 0 Å². The van der Waals surface area contributed by atoms with E-state index < -0.39 is 0 Å². The van der Waals surface area contributed by atoms with Gasteiger partial charge in [-0.05, 0) is 91.9 Å². The smallest absolute Gasteiger partial charge is 0.159 e. The minimum atomic E-state index is 0.126. The molecule has 180 valence electrons. The minimum Gasteiger partial charge on any atom is -0.457 e. The number of hydrogen-bond acceptors (Lipinski definition) is 3. The van der Waals surface area contributed by atoms with Crippen molar-refractivity contribution in [3.8, 4) is 16.9 Å². The van der Waals surface area contributed by atoms with Crippen molar-refractivity contribution in [2.75, 3.05) is 13.1 Å². The van der Waals surface area contributed by atoms with Gasteiger partial charge in [-0.3, -0.25) is 4.79 Å². The second-order valence-corrected chi connectivity index (χ2v) is 9.90. The molecule has 0 bridgehead atoms. The van der Waals surface area contributed by atoms with Gasteiger partial charge in [0, 0.05) is 18.1 Å². The van der Waals surface area contributed by atoms with Crippen molar-refractivity contribution in [2.45, 2.75) is 51.4 Å². The highest BCUT2D eigenvalue weighted by atomic mass is 16.5. The van der Waals surface area contributed by atoms with Crippen LogP contribution in [0.4, 0.5) is 0 Å². The van der Waals surface area contributed by atoms with E-state index in [1.54, 1.807) is 6.08 Å². The van der Waals surface area contributed by atoms with Crippen LogP contribution in [0.1, 0.15) is 55.2 Å². The first kappa shape index (κ1) is 23.6. The molecule has 35 heavy (non-hydrogen) atoms. The minimum absolute atomic E-state index is 0.126. The third-order valence-corrected chi connectivity index (χ3v) is 7.33. The number of piperidine rings is 1. The quantitative estimate of drug-likeness (QED) is 0.408. The third-order valence-electron chi connectivity index (χ3n) is 7.33. The number of fused-ring (bicyclic) bond motifs is 1. The summed E-state index contributed by atoms with van der Waals surface area (Å²) in [6, 6.07) is 25.4. The van der Waals surface area contributed by atoms with E-state index in [4.69, 9.17) is 4.74 Å². The van der Waals surface area contributed by atoms with Crippen molar-refractivity contribution in [3.05, 3.63) is 95.6 Å². The Balaban J connectivity index is 1.26. The molecule has 1 aliphatic carbocycles. The third kappa shape index (κ3) is 6.29. The molecule has 0 saturated carbocycles. The lowest BCUT2D eigenvalue weighted by Crippen LogP contribution is -2.27. The lowest BCUT2D eigenvalue weighted by atomic mass is 9.91. The van der Waals surface area contributed by atoms with E-state index in [0.717, 1.165) is 42.1 Å². The summed E-state index contributed by atoms with van der Waals surface area (Å²) in [5.41, 5.74) is 5.96. The van der Waals surface area contributed by atoms with Gasteiger partial charge in [0.25, 0.3) is 0 Å². The fourth-order valence-corrected chi connectivity index (χ4v) is 5.31. The molecule has 1 heterocycles. The van der Waals surface area contributed by atoms with Gasteiger partial charge in [-0.2, -0.15) is 0 Å². The van der Waals surface area contributed by atoms with Gasteiger partial charge < -0.3 is 10.1 Å². The summed E-state index contributed by atoms with van der Waals surface area (Å²) < 4.78 is 6.32. The molecule has 5 rings (SSSR count). The summed E-state index contributed by atoms with van der Waals surface area (Å²) in [6.07, 6.45) is 10.4. The van der Waals surface area contributed by atoms with Gasteiger partial charge in [0.2, 0.25) is 0 Å². The zero-order chi connectivity index (χ0) is 23.9. The Morgan fingerprint density at radius 2 is 1.69 bits per heavy atom. The Morgan fingerprint density at radius 3 is 2.54 bits per heavy atom. The Labute approximate surface area is 209 Å². The molecule has 3 nitrogen and oxygen atoms in total. The molecule has 3 aromatic rings. The zero-order valence-corrected chi connectivity index (χ0v) is 20.5. The fourth-order valence-electron chi connectivity index (χ4n) is 5.31. The lowest BCUT2D eigenvalue weighted by molar-refractivity contribution is -0.114. The molecule has 3 aromatic carbocycles. The largest absolute Gasteiger partial charge is 0.457 e. The van der Waals surface area contributed by atoms with Crippen LogP contribution < -0.4 is 10.1 Å². The van der Waals surface area contributed by atoms with Crippen LogP contribution in [0.5, 0.6) is 5.75 Å². The van der Waals surface area contributed by atoms with E-state index in [2.05, 4.69) is 53.8 Å². The fraction of sp³-hybridized carbons (Fsp3) is 0.344. The lowest BCUT2D eigenvalue weighted by Gasteiger charge is -2.22. The topological polar surface area (TPSA) is 38.3 Å². The number of rotatable bonds is 7. The molecule has 1 aliphatic heterocycles. The van der Waals surface area contributed by atoms with Crippen LogP contribution in [-0.2, 0) is 17.6 Å². The summed E-state index contributed by atoms with van der Waals surface area (Å²) in [5.74, 6) is 2.42. The normalized spacial score (nSPS) is 16.7. The second-order valence-electron chi connectivity index (χ2n) is 9.90. The number of ketones is 1. The highest BCUT2D eigenvalue weighted by Gasteiger charge is 2.16. The monoisotopic (exact) mass is 465 g/mol. The average molecular weight is 466 g/mol. The van der Waals surface area contributed by atoms with Crippen LogP contribution in [0.15, 0.2) is 78.9 Å². The molecule has 0 aromatic heterocycles. The Bertz CT molecular complexity index is 1170. The van der Waals surface area contributed by atoms with Crippen LogP contribution in [0, 0.1) is 5.92 Å². The van der Waals surface area contributed by atoms with Gasteiger partial charge in [-0.25, -0.2) is 0 Å². The number of carbonyl (C=O) groups excluding carboxylic acids is 1. The summed E-state index contributed by atoms with van der Waals surface area (Å²) in [4.78, 5) is 12.4. The number of nitrogens with one attached hydrogen (secondary N) is 1. The average Bonchev–Trinajstić information content (AvgIpc) is 2.89. The maximum atomic E-state index is 12.4. The van der Waals surface area contributed by atoms with E-state index >= 15 is 0 Å². The highest BCUT2D eigenvalue weighted by Crippen LogP contribution is 2.30. The molecular weight excluding hydrogens is 430 g/mol. The molecule has 0 atom stereocenters. The molecule has 0 spiro atoms. The number of benzene rings is 3. The Kier molecular flexibility index (Phi) is 7.75. The van der Waals surface area contributed by atoms with Crippen molar-refractivity contribution in [3.63, 3.8) is 0 Å². The van der Waals surface area contributed by atoms with Crippen LogP contribution in [0.2, 0.25) is 0 Å². The van der Waals surface area contributed by atoms with E-state index in [0.29, 0.717) is 12.2 Å². The van der Waals surface area contributed by atoms with Gasteiger partial charge in [-0.15, -0.1) is 0 Å². The summed E-state index contributed by atoms with van der Waals surface area (Å²) in [6.45, 7) is 2.37. The maximum absolute atomic E-state index is 12.4. The molecule has 3 heteroatoms. The van der Waals surface area contributed by atoms with Crippen LogP contribution in [0.25, 0.3) is 16.9 Å². The highest BCUT2D eigenvalue weighted by molar-refractivity contribution is 5.96. The standard InChI is InChI=1S/C32H35NO2/c34-29-11-4-9-27-8-1-2-13-31(27)32(23-29)35-30-12-5-10-28(22-30)26-16-14-24(15-17-26)6-3-7-25-18-20-33-21-19-25/h1-2,5,8,10,12-17,22-23,25,33H,3-4,6-7,9,11,18-21H2. The Hall–Kier alpha value is -3.17. The predicted octanol–water partition coefficient (Wildman–Crippen LogP) is 7.00. The number of hydrogen-bond donors (Lipinski definition) is 1. The molecule has 2 aliphatic rings. The number of allylic oxidation sites excluding steroid dienone is 1. The van der Waals surface area contributed by atoms with Gasteiger partial charge >= 0.3 is 0 Å². The van der Waals surface area contributed by atoms with Gasteiger partial charge in [0.15, 0.2) is 5.78 Å². The molecular formula is C32H35NO2. The molecule has 0 amide bonds. The van der Waals surface area contributed by atoms with Gasteiger partial charge in [0.1, 0.15) is 11.5 Å². The van der Waals surface area contributed by atoms with Crippen LogP contribution in [0.3, 0.4) is 0 Å². The molecule has 1 saturated heterocycles. The zero-order valence-electron chi connectivity index (χ0n) is 20.5. The Morgan fingerprint density at radius 1 is 0.857 bits per heavy atom. The number of carbonyl (C=O) groups is 1. The predicted molar refractivity (Wildman–Crippen MR) is 143 cm³/mol. The SMILES string of the molecule is O=C1C=C(Oc2cccc(-c3ccc(CCCC4CCNCC4)cc3)c2)c2ccccc2CCC1. The first-order valence-electron chi connectivity index (χ1n) is 13.2. The molecule has 0 radical (unpaired) electrons. The maximum Gasteiger partial charge on any atom is 0.159 e. The van der Waals surface area contributed by atoms with Crippen molar-refractivity contribution < 1.29 is 9.53 Å². The number of ether oxygens (including phenoxy) is 1. The second kappa shape index (κ2) is 11.5. The number of aryl methyl sites for hydroxylation is 2. The summed E-state index contributed by atoms with van der Waals surface area (Å²) in [5, 5.41) is 3.46. The van der Waals surface area contributed by atoms with Gasteiger partial charge in [-0.1, -0.05) is 67.1 Å². The first-order chi connectivity index (χ1) is 17.2. The summed E-state index contributed by atoms with van der Waals surface area (Å²) >= 11 is 0. The summed E-state index contributed by atoms with van der Waals surface area (Å²) in [7, 11) is 0. The molecule has 1 fully saturated rings. The van der Waals surface area contributed by atoms with Crippen molar-refractivity contribution in [2.24, 2.45) is 5.92 Å². The van der Waals surface area contributed by atoms with E-state index in [9.17, 15) is 4.79 Å². The van der Waals surface area contributed by atoms with Crippen LogP contribution in [-0.4, -0.2) is 18.9 Å². The van der Waals surface area contributed by atoms with E-state index in [1.165, 1.54) is 55.5 Å². The van der Waals surface area contributed by atoms with Crippen molar-refractivity contribution >= 4 is 11.5 Å². The van der Waals surface area contributed by atoms with Gasteiger partial charge in [0.05, 0.1) is 0 Å². The molecule has 1 N–H and O–H groups in total. The van der Waals surface area contributed by atoms with E-state index in [-0.39, 0.29) is 5.78 Å². The van der Waals surface area contributed by atoms with E-state index in [1.807, 2.05) is 24.3 Å². The first-order valence-corrected chi connectivity index (χ1v) is 13.2.